The molecule has 0 saturated carbocycles. The zero-order valence-corrected chi connectivity index (χ0v) is 16.4. The summed E-state index contributed by atoms with van der Waals surface area (Å²) in [5, 5.41) is 20.4. The Hall–Kier alpha value is -3.57. The molecule has 0 bridgehead atoms. The van der Waals surface area contributed by atoms with Gasteiger partial charge in [0.05, 0.1) is 30.8 Å². The second-order valence-electron chi connectivity index (χ2n) is 7.40. The van der Waals surface area contributed by atoms with Gasteiger partial charge in [0.25, 0.3) is 0 Å². The SMILES string of the molecule is CCOc1ccc([C@@H]2[C@H](C(C)=O)N3c4ccccc4C=C[C@@H]3C2(C#N)C#N)cc1. The molecule has 2 aliphatic heterocycles. The van der Waals surface area contributed by atoms with Crippen molar-refractivity contribution in [2.75, 3.05) is 11.5 Å². The Morgan fingerprint density at radius 1 is 1.14 bits per heavy atom. The highest BCUT2D eigenvalue weighted by molar-refractivity contribution is 5.91. The molecular formula is C24H21N3O2. The summed E-state index contributed by atoms with van der Waals surface area (Å²) in [6, 6.07) is 18.6. The van der Waals surface area contributed by atoms with Crippen LogP contribution in [0.5, 0.6) is 5.75 Å². The molecular weight excluding hydrogens is 362 g/mol. The molecule has 0 unspecified atom stereocenters. The van der Waals surface area contributed by atoms with Gasteiger partial charge >= 0.3 is 0 Å². The number of ether oxygens (including phenoxy) is 1. The molecule has 2 aromatic carbocycles. The van der Waals surface area contributed by atoms with Crippen molar-refractivity contribution in [3.63, 3.8) is 0 Å². The number of hydrogen-bond acceptors (Lipinski definition) is 5. The number of benzene rings is 2. The van der Waals surface area contributed by atoms with Crippen LogP contribution in [0.4, 0.5) is 5.69 Å². The van der Waals surface area contributed by atoms with Crippen LogP contribution in [0.15, 0.2) is 54.6 Å². The Kier molecular flexibility index (Phi) is 4.60. The van der Waals surface area contributed by atoms with E-state index in [-0.39, 0.29) is 5.78 Å². The van der Waals surface area contributed by atoms with Crippen molar-refractivity contribution in [1.29, 1.82) is 10.5 Å². The normalized spacial score (nSPS) is 23.4. The van der Waals surface area contributed by atoms with Gasteiger partial charge < -0.3 is 9.64 Å². The van der Waals surface area contributed by atoms with Crippen molar-refractivity contribution in [1.82, 2.24) is 0 Å². The molecule has 4 rings (SSSR count). The fourth-order valence-electron chi connectivity index (χ4n) is 4.70. The molecule has 0 spiro atoms. The standard InChI is InChI=1S/C24H21N3O2/c1-3-29-19-11-8-18(9-12-19)22-23(16(2)28)27-20-7-5-4-6-17(20)10-13-21(27)24(22,14-25)15-26/h4-13,21-23H,3H2,1-2H3/t21-,22-,23+/m1/s1. The summed E-state index contributed by atoms with van der Waals surface area (Å²) in [6.07, 6.45) is 3.83. The lowest BCUT2D eigenvalue weighted by molar-refractivity contribution is -0.118. The van der Waals surface area contributed by atoms with Crippen LogP contribution >= 0.6 is 0 Å². The van der Waals surface area contributed by atoms with Crippen LogP contribution < -0.4 is 9.64 Å². The second kappa shape index (κ2) is 7.11. The maximum atomic E-state index is 12.9. The third-order valence-electron chi connectivity index (χ3n) is 5.88. The van der Waals surface area contributed by atoms with Crippen molar-refractivity contribution in [3.05, 3.63) is 65.7 Å². The van der Waals surface area contributed by atoms with Gasteiger partial charge in [0.15, 0.2) is 11.2 Å². The van der Waals surface area contributed by atoms with E-state index in [0.717, 1.165) is 22.6 Å². The zero-order chi connectivity index (χ0) is 20.6. The van der Waals surface area contributed by atoms with Crippen molar-refractivity contribution in [2.45, 2.75) is 31.8 Å². The molecule has 29 heavy (non-hydrogen) atoms. The molecule has 2 aliphatic rings. The average molecular weight is 383 g/mol. The molecule has 2 heterocycles. The predicted molar refractivity (Wildman–Crippen MR) is 110 cm³/mol. The molecule has 0 N–H and O–H groups in total. The number of ketones is 1. The highest BCUT2D eigenvalue weighted by Gasteiger charge is 2.62. The first kappa shape index (κ1) is 18.8. The molecule has 0 aromatic heterocycles. The van der Waals surface area contributed by atoms with E-state index in [1.165, 1.54) is 6.92 Å². The van der Waals surface area contributed by atoms with Gasteiger partial charge in [0, 0.05) is 11.6 Å². The highest BCUT2D eigenvalue weighted by atomic mass is 16.5. The van der Waals surface area contributed by atoms with E-state index in [1.807, 2.05) is 72.5 Å². The number of nitriles is 2. The van der Waals surface area contributed by atoms with E-state index in [0.29, 0.717) is 6.61 Å². The number of para-hydroxylation sites is 1. The molecule has 5 heteroatoms. The number of nitrogens with zero attached hydrogens (tertiary/aromatic N) is 3. The van der Waals surface area contributed by atoms with Crippen LogP contribution in [-0.4, -0.2) is 24.5 Å². The van der Waals surface area contributed by atoms with Crippen molar-refractivity contribution in [3.8, 4) is 17.9 Å². The van der Waals surface area contributed by atoms with Crippen LogP contribution in [0.1, 0.15) is 30.9 Å². The Morgan fingerprint density at radius 2 is 1.83 bits per heavy atom. The Balaban J connectivity index is 1.92. The van der Waals surface area contributed by atoms with Crippen LogP contribution in [0.25, 0.3) is 6.08 Å². The quantitative estimate of drug-likeness (QED) is 0.795. The van der Waals surface area contributed by atoms with Gasteiger partial charge in [-0.05, 0) is 43.2 Å². The monoisotopic (exact) mass is 383 g/mol. The smallest absolute Gasteiger partial charge is 0.176 e. The Morgan fingerprint density at radius 3 is 2.45 bits per heavy atom. The highest BCUT2D eigenvalue weighted by Crippen LogP contribution is 2.55. The van der Waals surface area contributed by atoms with Gasteiger partial charge in [0.1, 0.15) is 5.75 Å². The topological polar surface area (TPSA) is 77.1 Å². The molecule has 1 saturated heterocycles. The van der Waals surface area contributed by atoms with Gasteiger partial charge in [-0.1, -0.05) is 42.5 Å². The largest absolute Gasteiger partial charge is 0.494 e. The van der Waals surface area contributed by atoms with Gasteiger partial charge in [-0.3, -0.25) is 4.79 Å². The number of anilines is 1. The zero-order valence-electron chi connectivity index (χ0n) is 16.4. The Bertz CT molecular complexity index is 1040. The third kappa shape index (κ3) is 2.70. The number of carbonyl (C=O) groups excluding carboxylic acids is 1. The molecule has 2 aromatic rings. The van der Waals surface area contributed by atoms with Gasteiger partial charge in [0.2, 0.25) is 0 Å². The molecule has 144 valence electrons. The summed E-state index contributed by atoms with van der Waals surface area (Å²) in [6.45, 7) is 4.00. The molecule has 0 radical (unpaired) electrons. The van der Waals surface area contributed by atoms with Gasteiger partial charge in [-0.15, -0.1) is 0 Å². The minimum absolute atomic E-state index is 0.0636. The number of Topliss-reactive ketones (excluding diaryl/α,β-unsaturated/α-hetero) is 1. The van der Waals surface area contributed by atoms with E-state index in [9.17, 15) is 15.3 Å². The first-order chi connectivity index (χ1) is 14.1. The predicted octanol–water partition coefficient (Wildman–Crippen LogP) is 4.08. The van der Waals surface area contributed by atoms with Crippen LogP contribution in [0.2, 0.25) is 0 Å². The van der Waals surface area contributed by atoms with E-state index >= 15 is 0 Å². The minimum Gasteiger partial charge on any atom is -0.494 e. The lowest BCUT2D eigenvalue weighted by Gasteiger charge is -2.35. The minimum atomic E-state index is -1.38. The van der Waals surface area contributed by atoms with Gasteiger partial charge in [-0.2, -0.15) is 10.5 Å². The molecule has 3 atom stereocenters. The lowest BCUT2D eigenvalue weighted by atomic mass is 9.69. The summed E-state index contributed by atoms with van der Waals surface area (Å²) in [5.74, 6) is 0.0777. The van der Waals surface area contributed by atoms with Crippen molar-refractivity contribution < 1.29 is 9.53 Å². The number of carbonyl (C=O) groups is 1. The lowest BCUT2D eigenvalue weighted by Crippen LogP contribution is -2.43. The van der Waals surface area contributed by atoms with E-state index in [1.54, 1.807) is 0 Å². The first-order valence-corrected chi connectivity index (χ1v) is 9.68. The molecule has 0 amide bonds. The van der Waals surface area contributed by atoms with E-state index in [2.05, 4.69) is 12.1 Å². The number of rotatable bonds is 4. The Labute approximate surface area is 170 Å². The fourth-order valence-corrected chi connectivity index (χ4v) is 4.70. The van der Waals surface area contributed by atoms with Crippen LogP contribution in [0.3, 0.4) is 0 Å². The average Bonchev–Trinajstić information content (AvgIpc) is 3.06. The summed E-state index contributed by atoms with van der Waals surface area (Å²) in [4.78, 5) is 14.8. The summed E-state index contributed by atoms with van der Waals surface area (Å²) in [7, 11) is 0. The fraction of sp³-hybridized carbons (Fsp3) is 0.292. The van der Waals surface area contributed by atoms with Crippen molar-refractivity contribution >= 4 is 17.5 Å². The molecule has 5 nitrogen and oxygen atoms in total. The summed E-state index contributed by atoms with van der Waals surface area (Å²) in [5.41, 5.74) is 1.26. The summed E-state index contributed by atoms with van der Waals surface area (Å²) < 4.78 is 5.52. The molecule has 1 fully saturated rings. The number of fused-ring (bicyclic) bond motifs is 3. The molecule has 0 aliphatic carbocycles. The first-order valence-electron chi connectivity index (χ1n) is 9.68. The maximum absolute atomic E-state index is 12.9. The van der Waals surface area contributed by atoms with Gasteiger partial charge in [-0.25, -0.2) is 0 Å². The number of hydrogen-bond donors (Lipinski definition) is 0. The third-order valence-corrected chi connectivity index (χ3v) is 5.88. The van der Waals surface area contributed by atoms with E-state index in [4.69, 9.17) is 4.74 Å². The van der Waals surface area contributed by atoms with Crippen molar-refractivity contribution in [2.24, 2.45) is 5.41 Å². The van der Waals surface area contributed by atoms with Crippen LogP contribution in [-0.2, 0) is 4.79 Å². The maximum Gasteiger partial charge on any atom is 0.176 e. The summed E-state index contributed by atoms with van der Waals surface area (Å²) >= 11 is 0. The van der Waals surface area contributed by atoms with Crippen LogP contribution in [0, 0.1) is 28.1 Å². The van der Waals surface area contributed by atoms with E-state index < -0.39 is 23.4 Å². The second-order valence-corrected chi connectivity index (χ2v) is 7.40.